The Labute approximate surface area is 203 Å². The molecule has 0 spiro atoms. The van der Waals surface area contributed by atoms with E-state index >= 15 is 0 Å². The molecule has 0 aliphatic carbocycles. The molecule has 31 heavy (non-hydrogen) atoms. The van der Waals surface area contributed by atoms with Crippen LogP contribution in [0.25, 0.3) is 21.0 Å². The van der Waals surface area contributed by atoms with Gasteiger partial charge in [-0.1, -0.05) is 12.1 Å². The van der Waals surface area contributed by atoms with E-state index in [1.807, 2.05) is 37.4 Å². The monoisotopic (exact) mass is 556 g/mol. The van der Waals surface area contributed by atoms with Gasteiger partial charge in [-0.15, -0.1) is 35.3 Å². The van der Waals surface area contributed by atoms with Crippen LogP contribution < -0.4 is 5.32 Å². The number of nitrogens with one attached hydrogen (secondary N) is 1. The number of guanidine groups is 1. The van der Waals surface area contributed by atoms with Gasteiger partial charge in [-0.25, -0.2) is 4.98 Å². The summed E-state index contributed by atoms with van der Waals surface area (Å²) in [5.41, 5.74) is 1.00. The van der Waals surface area contributed by atoms with E-state index in [0.29, 0.717) is 25.7 Å². The highest BCUT2D eigenvalue weighted by Crippen LogP contribution is 2.31. The van der Waals surface area contributed by atoms with Crippen molar-refractivity contribution >= 4 is 51.5 Å². The van der Waals surface area contributed by atoms with Crippen LogP contribution in [0.15, 0.2) is 45.8 Å². The fraction of sp³-hybridized carbons (Fsp3) is 0.455. The predicted molar refractivity (Wildman–Crippen MR) is 135 cm³/mol. The van der Waals surface area contributed by atoms with Gasteiger partial charge < -0.3 is 24.1 Å². The number of fused-ring (bicyclic) bond motifs is 1. The summed E-state index contributed by atoms with van der Waals surface area (Å²) in [7, 11) is 3.51. The number of aromatic nitrogens is 1. The van der Waals surface area contributed by atoms with Crippen LogP contribution in [0.3, 0.4) is 0 Å². The summed E-state index contributed by atoms with van der Waals surface area (Å²) in [6.07, 6.45) is 1.11. The Morgan fingerprint density at radius 3 is 2.97 bits per heavy atom. The highest BCUT2D eigenvalue weighted by molar-refractivity contribution is 14.0. The van der Waals surface area contributed by atoms with Gasteiger partial charge in [0.1, 0.15) is 5.76 Å². The molecule has 1 aliphatic rings. The highest BCUT2D eigenvalue weighted by atomic mass is 127. The van der Waals surface area contributed by atoms with Gasteiger partial charge in [0.25, 0.3) is 0 Å². The van der Waals surface area contributed by atoms with Gasteiger partial charge in [0, 0.05) is 33.2 Å². The minimum Gasteiger partial charge on any atom is -0.457 e. The molecular formula is C22H29IN4O3S. The number of furan rings is 1. The second-order valence-electron chi connectivity index (χ2n) is 7.32. The first-order chi connectivity index (χ1) is 14.8. The zero-order valence-corrected chi connectivity index (χ0v) is 21.0. The Morgan fingerprint density at radius 2 is 2.16 bits per heavy atom. The predicted octanol–water partition coefficient (Wildman–Crippen LogP) is 4.23. The molecule has 168 valence electrons. The third-order valence-corrected chi connectivity index (χ3v) is 6.22. The molecule has 1 unspecified atom stereocenters. The molecule has 1 aliphatic heterocycles. The first kappa shape index (κ1) is 24.0. The van der Waals surface area contributed by atoms with Crippen LogP contribution >= 0.6 is 35.3 Å². The molecule has 0 radical (unpaired) electrons. The van der Waals surface area contributed by atoms with Gasteiger partial charge >= 0.3 is 0 Å². The average Bonchev–Trinajstić information content (AvgIpc) is 3.51. The van der Waals surface area contributed by atoms with Crippen LogP contribution in [0.4, 0.5) is 0 Å². The third kappa shape index (κ3) is 6.18. The number of aliphatic imine (C=N–C) groups is 1. The first-order valence-electron chi connectivity index (χ1n) is 10.2. The normalized spacial score (nSPS) is 16.6. The molecule has 9 heteroatoms. The first-order valence-corrected chi connectivity index (χ1v) is 11.1. The third-order valence-electron chi connectivity index (χ3n) is 5.17. The summed E-state index contributed by atoms with van der Waals surface area (Å²) in [4.78, 5) is 11.4. The second-order valence-corrected chi connectivity index (χ2v) is 8.35. The summed E-state index contributed by atoms with van der Waals surface area (Å²) >= 11 is 1.65. The maximum Gasteiger partial charge on any atom is 0.194 e. The Hall–Kier alpha value is -1.69. The summed E-state index contributed by atoms with van der Waals surface area (Å²) in [5, 5.41) is 4.33. The van der Waals surface area contributed by atoms with E-state index in [0.717, 1.165) is 54.1 Å². The summed E-state index contributed by atoms with van der Waals surface area (Å²) in [6, 6.07) is 12.1. The maximum atomic E-state index is 6.03. The maximum absolute atomic E-state index is 6.03. The zero-order valence-electron chi connectivity index (χ0n) is 17.9. The molecule has 0 amide bonds. The van der Waals surface area contributed by atoms with E-state index in [9.17, 15) is 0 Å². The minimum absolute atomic E-state index is 0. The van der Waals surface area contributed by atoms with E-state index in [4.69, 9.17) is 13.9 Å². The van der Waals surface area contributed by atoms with Crippen molar-refractivity contribution in [2.24, 2.45) is 10.9 Å². The van der Waals surface area contributed by atoms with Crippen LogP contribution in [-0.2, 0) is 16.0 Å². The van der Waals surface area contributed by atoms with Crippen molar-refractivity contribution in [2.75, 3.05) is 47.1 Å². The van der Waals surface area contributed by atoms with Crippen molar-refractivity contribution in [1.82, 2.24) is 15.2 Å². The molecule has 0 bridgehead atoms. The van der Waals surface area contributed by atoms with Crippen molar-refractivity contribution in [3.63, 3.8) is 0 Å². The van der Waals surface area contributed by atoms with Crippen LogP contribution in [0.2, 0.25) is 0 Å². The van der Waals surface area contributed by atoms with E-state index in [-0.39, 0.29) is 24.0 Å². The molecule has 0 saturated carbocycles. The van der Waals surface area contributed by atoms with Crippen LogP contribution in [-0.4, -0.2) is 62.9 Å². The molecule has 1 atom stereocenters. The number of benzene rings is 1. The lowest BCUT2D eigenvalue weighted by Gasteiger charge is -2.21. The SMILES string of the molecule is CN=C(NCc1ccc(-c2nc3ccccc3s2)o1)N1CCC(COCCOC)C1.I. The Bertz CT molecular complexity index is 957. The van der Waals surface area contributed by atoms with Crippen molar-refractivity contribution in [3.05, 3.63) is 42.2 Å². The Morgan fingerprint density at radius 1 is 1.29 bits per heavy atom. The summed E-state index contributed by atoms with van der Waals surface area (Å²) in [6.45, 7) is 4.57. The number of para-hydroxylation sites is 1. The number of thiazole rings is 1. The standard InChI is InChI=1S/C22H28N4O3S.HI/c1-23-22(26-10-9-16(14-26)15-28-12-11-27-2)24-13-17-7-8-19(29-17)21-25-18-5-3-4-6-20(18)30-21;/h3-8,16H,9-15H2,1-2H3,(H,23,24);1H. The van der Waals surface area contributed by atoms with Crippen LogP contribution in [0, 0.1) is 5.92 Å². The number of methoxy groups -OCH3 is 1. The molecule has 7 nitrogen and oxygen atoms in total. The number of hydrogen-bond donors (Lipinski definition) is 1. The molecule has 1 fully saturated rings. The van der Waals surface area contributed by atoms with Crippen molar-refractivity contribution < 1.29 is 13.9 Å². The number of ether oxygens (including phenoxy) is 2. The Kier molecular flexibility index (Phi) is 9.12. The molecule has 2 aromatic heterocycles. The summed E-state index contributed by atoms with van der Waals surface area (Å²) < 4.78 is 17.9. The van der Waals surface area contributed by atoms with E-state index < -0.39 is 0 Å². The van der Waals surface area contributed by atoms with Gasteiger partial charge in [0.15, 0.2) is 16.7 Å². The molecule has 1 N–H and O–H groups in total. The fourth-order valence-corrected chi connectivity index (χ4v) is 4.54. The average molecular weight is 556 g/mol. The number of likely N-dealkylation sites (tertiary alicyclic amines) is 1. The van der Waals surface area contributed by atoms with Crippen molar-refractivity contribution in [3.8, 4) is 10.8 Å². The minimum atomic E-state index is 0. The summed E-state index contributed by atoms with van der Waals surface area (Å²) in [5.74, 6) is 3.09. The molecule has 3 aromatic rings. The lowest BCUT2D eigenvalue weighted by molar-refractivity contribution is 0.0536. The van der Waals surface area contributed by atoms with Gasteiger partial charge in [0.05, 0.1) is 36.6 Å². The van der Waals surface area contributed by atoms with E-state index in [1.165, 1.54) is 4.70 Å². The quantitative estimate of drug-likeness (QED) is 0.194. The van der Waals surface area contributed by atoms with E-state index in [1.54, 1.807) is 18.4 Å². The fourth-order valence-electron chi connectivity index (χ4n) is 3.62. The zero-order chi connectivity index (χ0) is 20.8. The molecule has 1 aromatic carbocycles. The highest BCUT2D eigenvalue weighted by Gasteiger charge is 2.25. The topological polar surface area (TPSA) is 72.1 Å². The lowest BCUT2D eigenvalue weighted by atomic mass is 10.1. The molecular weight excluding hydrogens is 527 g/mol. The molecule has 4 rings (SSSR count). The second kappa shape index (κ2) is 11.8. The lowest BCUT2D eigenvalue weighted by Crippen LogP contribution is -2.39. The smallest absolute Gasteiger partial charge is 0.194 e. The van der Waals surface area contributed by atoms with Crippen molar-refractivity contribution in [1.29, 1.82) is 0 Å². The van der Waals surface area contributed by atoms with Gasteiger partial charge in [-0.05, 0) is 30.7 Å². The number of nitrogens with zero attached hydrogens (tertiary/aromatic N) is 3. The van der Waals surface area contributed by atoms with Gasteiger partial charge in [0.2, 0.25) is 0 Å². The Balaban J connectivity index is 0.00000272. The van der Waals surface area contributed by atoms with Gasteiger partial charge in [-0.3, -0.25) is 4.99 Å². The van der Waals surface area contributed by atoms with Gasteiger partial charge in [-0.2, -0.15) is 0 Å². The van der Waals surface area contributed by atoms with Crippen molar-refractivity contribution in [2.45, 2.75) is 13.0 Å². The molecule has 3 heterocycles. The number of hydrogen-bond acceptors (Lipinski definition) is 6. The van der Waals surface area contributed by atoms with E-state index in [2.05, 4.69) is 26.3 Å². The largest absolute Gasteiger partial charge is 0.457 e. The molecule has 1 saturated heterocycles. The number of halogens is 1. The number of rotatable bonds is 8. The van der Waals surface area contributed by atoms with Crippen LogP contribution in [0.5, 0.6) is 0 Å². The van der Waals surface area contributed by atoms with Crippen LogP contribution in [0.1, 0.15) is 12.2 Å².